The summed E-state index contributed by atoms with van der Waals surface area (Å²) in [6.07, 6.45) is 0. The predicted molar refractivity (Wildman–Crippen MR) is 77.4 cm³/mol. The summed E-state index contributed by atoms with van der Waals surface area (Å²) < 4.78 is 4.75. The maximum absolute atomic E-state index is 12.2. The highest BCUT2D eigenvalue weighted by atomic mass is 16.5. The fraction of sp³-hybridized carbons (Fsp3) is 0.250. The number of fused-ring (bicyclic) bond motifs is 1. The van der Waals surface area contributed by atoms with Gasteiger partial charge in [0.15, 0.2) is 0 Å². The maximum Gasteiger partial charge on any atom is 0.293 e. The number of benzene rings is 2. The van der Waals surface area contributed by atoms with Gasteiger partial charge in [-0.1, -0.05) is 24.3 Å². The summed E-state index contributed by atoms with van der Waals surface area (Å²) >= 11 is 0. The predicted octanol–water partition coefficient (Wildman–Crippen LogP) is 2.65. The molecule has 0 radical (unpaired) electrons. The normalized spacial score (nSPS) is 10.6. The summed E-state index contributed by atoms with van der Waals surface area (Å²) in [6.45, 7) is 4.47. The van der Waals surface area contributed by atoms with Crippen molar-refractivity contribution in [3.05, 3.63) is 47.5 Å². The summed E-state index contributed by atoms with van der Waals surface area (Å²) in [5, 5.41) is 4.73. The molecule has 0 spiro atoms. The minimum atomic E-state index is -0.0981. The topological polar surface area (TPSA) is 55.4 Å². The van der Waals surface area contributed by atoms with E-state index in [0.717, 1.165) is 16.3 Å². The van der Waals surface area contributed by atoms with Crippen LogP contribution in [0.4, 0.5) is 0 Å². The van der Waals surface area contributed by atoms with Gasteiger partial charge >= 0.3 is 0 Å². The minimum Gasteiger partial charge on any atom is -0.463 e. The molecule has 20 heavy (non-hydrogen) atoms. The molecule has 4 heteroatoms. The molecule has 0 unspecified atom stereocenters. The monoisotopic (exact) mass is 271 g/mol. The number of rotatable bonds is 5. The van der Waals surface area contributed by atoms with Crippen molar-refractivity contribution >= 4 is 23.2 Å². The molecule has 0 saturated heterocycles. The first kappa shape index (κ1) is 14.1. The number of amides is 1. The summed E-state index contributed by atoms with van der Waals surface area (Å²) in [7, 11) is 0. The Kier molecular flexibility index (Phi) is 4.35. The van der Waals surface area contributed by atoms with E-state index in [4.69, 9.17) is 4.74 Å². The molecule has 0 aliphatic heterocycles. The van der Waals surface area contributed by atoms with E-state index in [1.807, 2.05) is 44.2 Å². The third-order valence-electron chi connectivity index (χ3n) is 2.93. The molecule has 4 nitrogen and oxygen atoms in total. The third-order valence-corrected chi connectivity index (χ3v) is 2.93. The van der Waals surface area contributed by atoms with Crippen molar-refractivity contribution in [2.24, 2.45) is 0 Å². The van der Waals surface area contributed by atoms with Gasteiger partial charge in [-0.05, 0) is 42.3 Å². The first-order valence-electron chi connectivity index (χ1n) is 6.49. The van der Waals surface area contributed by atoms with Crippen LogP contribution in [0.15, 0.2) is 36.4 Å². The van der Waals surface area contributed by atoms with Crippen LogP contribution in [0, 0.1) is 0 Å². The Morgan fingerprint density at radius 1 is 1.30 bits per heavy atom. The standard InChI is InChI=1S/C16H17NO3/c1-11(2)17-16(19)14-5-3-4-13-7-6-12(8-15(13)14)9-20-10-18/h3-8,10-11H,9H2,1-2H3,(H,17,19). The average molecular weight is 271 g/mol. The van der Waals surface area contributed by atoms with E-state index in [-0.39, 0.29) is 18.6 Å². The lowest BCUT2D eigenvalue weighted by atomic mass is 10.0. The molecule has 2 rings (SSSR count). The minimum absolute atomic E-state index is 0.0827. The van der Waals surface area contributed by atoms with Gasteiger partial charge in [0.05, 0.1) is 0 Å². The van der Waals surface area contributed by atoms with Gasteiger partial charge < -0.3 is 10.1 Å². The summed E-state index contributed by atoms with van der Waals surface area (Å²) in [5.41, 5.74) is 1.48. The second-order valence-electron chi connectivity index (χ2n) is 4.90. The fourth-order valence-electron chi connectivity index (χ4n) is 2.08. The van der Waals surface area contributed by atoms with Crippen LogP contribution in [-0.2, 0) is 16.1 Å². The van der Waals surface area contributed by atoms with E-state index in [1.54, 1.807) is 6.07 Å². The Morgan fingerprint density at radius 3 is 2.80 bits per heavy atom. The van der Waals surface area contributed by atoms with Crippen LogP contribution >= 0.6 is 0 Å². The summed E-state index contributed by atoms with van der Waals surface area (Å²) in [5.74, 6) is -0.0981. The van der Waals surface area contributed by atoms with Gasteiger partial charge in [-0.2, -0.15) is 0 Å². The number of hydrogen-bond donors (Lipinski definition) is 1. The van der Waals surface area contributed by atoms with Crippen LogP contribution in [0.1, 0.15) is 29.8 Å². The lowest BCUT2D eigenvalue weighted by Gasteiger charge is -2.11. The summed E-state index contributed by atoms with van der Waals surface area (Å²) in [6, 6.07) is 11.4. The highest BCUT2D eigenvalue weighted by molar-refractivity contribution is 6.07. The third kappa shape index (κ3) is 3.15. The molecule has 0 bridgehead atoms. The van der Waals surface area contributed by atoms with E-state index in [1.165, 1.54) is 0 Å². The van der Waals surface area contributed by atoms with Crippen molar-refractivity contribution in [1.82, 2.24) is 5.32 Å². The van der Waals surface area contributed by atoms with Gasteiger partial charge in [-0.15, -0.1) is 0 Å². The van der Waals surface area contributed by atoms with Crippen molar-refractivity contribution in [3.63, 3.8) is 0 Å². The fourth-order valence-corrected chi connectivity index (χ4v) is 2.08. The lowest BCUT2D eigenvalue weighted by molar-refractivity contribution is -0.129. The molecule has 0 saturated carbocycles. The van der Waals surface area contributed by atoms with Crippen LogP contribution in [0.5, 0.6) is 0 Å². The molecule has 0 aliphatic rings. The van der Waals surface area contributed by atoms with E-state index in [9.17, 15) is 9.59 Å². The molecule has 1 amide bonds. The zero-order valence-corrected chi connectivity index (χ0v) is 11.6. The van der Waals surface area contributed by atoms with Crippen molar-refractivity contribution < 1.29 is 14.3 Å². The second kappa shape index (κ2) is 6.19. The van der Waals surface area contributed by atoms with Gasteiger partial charge in [0.2, 0.25) is 0 Å². The molecule has 1 N–H and O–H groups in total. The second-order valence-corrected chi connectivity index (χ2v) is 4.90. The summed E-state index contributed by atoms with van der Waals surface area (Å²) in [4.78, 5) is 22.4. The van der Waals surface area contributed by atoms with Crippen molar-refractivity contribution in [1.29, 1.82) is 0 Å². The first-order chi connectivity index (χ1) is 9.61. The van der Waals surface area contributed by atoms with Crippen molar-refractivity contribution in [3.8, 4) is 0 Å². The van der Waals surface area contributed by atoms with E-state index in [2.05, 4.69) is 5.32 Å². The van der Waals surface area contributed by atoms with E-state index < -0.39 is 0 Å². The smallest absolute Gasteiger partial charge is 0.293 e. The highest BCUT2D eigenvalue weighted by Crippen LogP contribution is 2.21. The Bertz CT molecular complexity index is 635. The largest absolute Gasteiger partial charge is 0.463 e. The highest BCUT2D eigenvalue weighted by Gasteiger charge is 2.11. The molecular weight excluding hydrogens is 254 g/mol. The number of nitrogens with one attached hydrogen (secondary N) is 1. The van der Waals surface area contributed by atoms with E-state index >= 15 is 0 Å². The first-order valence-corrected chi connectivity index (χ1v) is 6.49. The maximum atomic E-state index is 12.2. The van der Waals surface area contributed by atoms with Gasteiger partial charge in [0.1, 0.15) is 6.61 Å². The average Bonchev–Trinajstić information content (AvgIpc) is 2.43. The van der Waals surface area contributed by atoms with Crippen LogP contribution in [0.3, 0.4) is 0 Å². The van der Waals surface area contributed by atoms with Crippen LogP contribution in [-0.4, -0.2) is 18.4 Å². The van der Waals surface area contributed by atoms with E-state index in [0.29, 0.717) is 12.0 Å². The zero-order valence-electron chi connectivity index (χ0n) is 11.6. The molecule has 0 fully saturated rings. The molecule has 2 aromatic rings. The molecule has 0 atom stereocenters. The number of carbonyl (C=O) groups is 2. The Balaban J connectivity index is 2.43. The van der Waals surface area contributed by atoms with Crippen molar-refractivity contribution in [2.75, 3.05) is 0 Å². The molecule has 2 aromatic carbocycles. The zero-order chi connectivity index (χ0) is 14.5. The Labute approximate surface area is 117 Å². The van der Waals surface area contributed by atoms with Crippen LogP contribution in [0.2, 0.25) is 0 Å². The molecule has 0 heterocycles. The molecular formula is C16H17NO3. The number of ether oxygens (including phenoxy) is 1. The number of hydrogen-bond acceptors (Lipinski definition) is 3. The van der Waals surface area contributed by atoms with Crippen molar-refractivity contribution in [2.45, 2.75) is 26.5 Å². The van der Waals surface area contributed by atoms with Crippen LogP contribution < -0.4 is 5.32 Å². The Hall–Kier alpha value is -2.36. The van der Waals surface area contributed by atoms with Gasteiger partial charge in [0, 0.05) is 11.6 Å². The molecule has 104 valence electrons. The van der Waals surface area contributed by atoms with Gasteiger partial charge in [-0.3, -0.25) is 9.59 Å². The van der Waals surface area contributed by atoms with Gasteiger partial charge in [-0.25, -0.2) is 0 Å². The van der Waals surface area contributed by atoms with Crippen LogP contribution in [0.25, 0.3) is 10.8 Å². The molecule has 0 aromatic heterocycles. The lowest BCUT2D eigenvalue weighted by Crippen LogP contribution is -2.30. The SMILES string of the molecule is CC(C)NC(=O)c1cccc2ccc(COC=O)cc12. The number of carbonyl (C=O) groups excluding carboxylic acids is 2. The molecule has 0 aliphatic carbocycles. The quantitative estimate of drug-likeness (QED) is 0.851. The van der Waals surface area contributed by atoms with Gasteiger partial charge in [0.25, 0.3) is 12.4 Å². The Morgan fingerprint density at radius 2 is 2.10 bits per heavy atom.